The summed E-state index contributed by atoms with van der Waals surface area (Å²) in [5.41, 5.74) is 1.64. The number of likely N-dealkylation sites (tertiary alicyclic amines) is 1. The number of carbonyl (C=O) groups excluding carboxylic acids is 1. The maximum atomic E-state index is 12.8. The van der Waals surface area contributed by atoms with E-state index in [1.807, 2.05) is 6.07 Å². The Kier molecular flexibility index (Phi) is 2.08. The first-order valence-electron chi connectivity index (χ1n) is 8.79. The first-order valence-corrected chi connectivity index (χ1v) is 8.79. The van der Waals surface area contributed by atoms with Crippen LogP contribution in [0.3, 0.4) is 0 Å². The van der Waals surface area contributed by atoms with Crippen LogP contribution in [0.4, 0.5) is 0 Å². The second-order valence-electron chi connectivity index (χ2n) is 8.51. The summed E-state index contributed by atoms with van der Waals surface area (Å²) in [7, 11) is 3.96. The van der Waals surface area contributed by atoms with Crippen molar-refractivity contribution in [3.8, 4) is 11.5 Å². The number of phenols is 1. The van der Waals surface area contributed by atoms with Crippen LogP contribution in [-0.4, -0.2) is 54.2 Å². The topological polar surface area (TPSA) is 59.0 Å². The van der Waals surface area contributed by atoms with E-state index in [2.05, 4.69) is 11.9 Å². The molecule has 2 spiro atoms. The van der Waals surface area contributed by atoms with Gasteiger partial charge in [-0.25, -0.2) is 0 Å². The molecule has 0 aromatic heterocycles. The Labute approximate surface area is 140 Å². The van der Waals surface area contributed by atoms with Crippen LogP contribution < -0.4 is 4.74 Å². The van der Waals surface area contributed by atoms with Crippen molar-refractivity contribution in [1.82, 2.24) is 4.90 Å². The zero-order valence-corrected chi connectivity index (χ0v) is 14.0. The number of Topliss-reactive ketones (excluding diaryl/α,β-unsaturated/α-hetero) is 1. The van der Waals surface area contributed by atoms with Gasteiger partial charge in [0.15, 0.2) is 23.4 Å². The highest BCUT2D eigenvalue weighted by Gasteiger charge is 2.83. The molecular weight excluding hydrogens is 306 g/mol. The molecule has 3 fully saturated rings. The van der Waals surface area contributed by atoms with Crippen molar-refractivity contribution in [1.29, 1.82) is 0 Å². The number of hydrogen-bond donors (Lipinski definition) is 1. The number of hydrogen-bond acceptors (Lipinski definition) is 5. The average Bonchev–Trinajstić information content (AvgIpc) is 2.98. The molecule has 3 aliphatic carbocycles. The Hall–Kier alpha value is -1.59. The molecule has 1 N–H and O–H groups in total. The Morgan fingerprint density at radius 2 is 2.25 bits per heavy atom. The standard InChI is InChI=1S/C19H21NO4/c1-20-9-17-7-10-3-4-11(21)14-13(10)18(8-17)15(24-14)12(22)5-6-19(18,23-2)16(17)20/h3-4,15-16,21H,5-9H2,1-2H3/t15-,16?,17-,18-,19+/m0/s1. The van der Waals surface area contributed by atoms with Crippen LogP contribution in [0, 0.1) is 5.41 Å². The highest BCUT2D eigenvalue weighted by atomic mass is 16.5. The summed E-state index contributed by atoms with van der Waals surface area (Å²) in [5, 5.41) is 10.4. The fourth-order valence-electron chi connectivity index (χ4n) is 7.44. The third-order valence-corrected chi connectivity index (χ3v) is 7.71. The summed E-state index contributed by atoms with van der Waals surface area (Å²) < 4.78 is 12.5. The van der Waals surface area contributed by atoms with Crippen molar-refractivity contribution in [3.63, 3.8) is 0 Å². The average molecular weight is 327 g/mol. The lowest BCUT2D eigenvalue weighted by atomic mass is 9.57. The molecule has 1 aromatic carbocycles. The molecule has 1 unspecified atom stereocenters. The van der Waals surface area contributed by atoms with Gasteiger partial charge in [-0.15, -0.1) is 0 Å². The first-order chi connectivity index (χ1) is 11.5. The minimum atomic E-state index is -0.510. The van der Waals surface area contributed by atoms with Crippen molar-refractivity contribution in [3.05, 3.63) is 23.3 Å². The summed E-state index contributed by atoms with van der Waals surface area (Å²) in [6, 6.07) is 4.07. The predicted molar refractivity (Wildman–Crippen MR) is 85.4 cm³/mol. The Morgan fingerprint density at radius 1 is 1.42 bits per heavy atom. The lowest BCUT2D eigenvalue weighted by Crippen LogP contribution is -2.71. The molecule has 5 nitrogen and oxygen atoms in total. The van der Waals surface area contributed by atoms with E-state index < -0.39 is 17.1 Å². The number of likely N-dealkylation sites (N-methyl/N-ethyl adjacent to an activating group) is 1. The molecule has 1 saturated heterocycles. The van der Waals surface area contributed by atoms with E-state index in [1.54, 1.807) is 13.2 Å². The number of rotatable bonds is 1. The van der Waals surface area contributed by atoms with Gasteiger partial charge in [0, 0.05) is 37.1 Å². The molecule has 5 heteroatoms. The smallest absolute Gasteiger partial charge is 0.174 e. The Morgan fingerprint density at radius 3 is 3.00 bits per heavy atom. The molecule has 24 heavy (non-hydrogen) atoms. The van der Waals surface area contributed by atoms with Gasteiger partial charge in [0.2, 0.25) is 0 Å². The van der Waals surface area contributed by atoms with Gasteiger partial charge >= 0.3 is 0 Å². The normalized spacial score (nSPS) is 47.0. The van der Waals surface area contributed by atoms with E-state index >= 15 is 0 Å². The van der Waals surface area contributed by atoms with Crippen molar-refractivity contribution in [2.75, 3.05) is 20.7 Å². The predicted octanol–water partition coefficient (Wildman–Crippen LogP) is 1.40. The van der Waals surface area contributed by atoms with Crippen LogP contribution >= 0.6 is 0 Å². The minimum absolute atomic E-state index is 0.152. The summed E-state index contributed by atoms with van der Waals surface area (Å²) in [6.45, 7) is 1.04. The van der Waals surface area contributed by atoms with Crippen LogP contribution in [0.5, 0.6) is 11.5 Å². The molecule has 2 bridgehead atoms. The third kappa shape index (κ3) is 1.05. The van der Waals surface area contributed by atoms with Gasteiger partial charge in [-0.1, -0.05) is 6.07 Å². The van der Waals surface area contributed by atoms with E-state index in [0.717, 1.165) is 31.4 Å². The molecule has 126 valence electrons. The van der Waals surface area contributed by atoms with Gasteiger partial charge in [0.05, 0.1) is 11.0 Å². The molecule has 0 amide bonds. The van der Waals surface area contributed by atoms with Crippen LogP contribution in [0.25, 0.3) is 0 Å². The fraction of sp³-hybridized carbons (Fsp3) is 0.632. The summed E-state index contributed by atoms with van der Waals surface area (Å²) >= 11 is 0. The van der Waals surface area contributed by atoms with Crippen molar-refractivity contribution < 1.29 is 19.4 Å². The largest absolute Gasteiger partial charge is 0.504 e. The quantitative estimate of drug-likeness (QED) is 0.845. The van der Waals surface area contributed by atoms with E-state index in [0.29, 0.717) is 18.2 Å². The SMILES string of the molecule is CO[C@@]12CCC(=O)[C@@H]3Oc4c(O)ccc5c4[C@@]31C[C@@]1(C5)CN(C)C12. The molecule has 0 radical (unpaired) electrons. The molecular formula is C19H21NO4. The number of aromatic hydroxyl groups is 1. The number of carbonyl (C=O) groups is 1. The van der Waals surface area contributed by atoms with Crippen molar-refractivity contribution in [2.24, 2.45) is 5.41 Å². The lowest BCUT2D eigenvalue weighted by Gasteiger charge is -2.58. The number of ether oxygens (including phenoxy) is 2. The van der Waals surface area contributed by atoms with Crippen LogP contribution in [0.2, 0.25) is 0 Å². The third-order valence-electron chi connectivity index (χ3n) is 7.71. The minimum Gasteiger partial charge on any atom is -0.504 e. The second-order valence-corrected chi connectivity index (χ2v) is 8.51. The van der Waals surface area contributed by atoms with Gasteiger partial charge in [-0.2, -0.15) is 0 Å². The van der Waals surface area contributed by atoms with E-state index in [9.17, 15) is 9.90 Å². The zero-order valence-electron chi connectivity index (χ0n) is 14.0. The number of methoxy groups -OCH3 is 1. The first kappa shape index (κ1) is 13.7. The van der Waals surface area contributed by atoms with E-state index in [-0.39, 0.29) is 16.9 Å². The molecule has 2 heterocycles. The van der Waals surface area contributed by atoms with Crippen LogP contribution in [-0.2, 0) is 21.4 Å². The van der Waals surface area contributed by atoms with Crippen LogP contribution in [0.1, 0.15) is 30.4 Å². The Bertz CT molecular complexity index is 822. The van der Waals surface area contributed by atoms with Gasteiger partial charge < -0.3 is 14.6 Å². The number of benzene rings is 1. The monoisotopic (exact) mass is 327 g/mol. The van der Waals surface area contributed by atoms with Crippen LogP contribution in [0.15, 0.2) is 12.1 Å². The number of fused-ring (bicyclic) bond motifs is 1. The lowest BCUT2D eigenvalue weighted by molar-refractivity contribution is -0.178. The molecule has 6 rings (SSSR count). The van der Waals surface area contributed by atoms with Gasteiger partial charge in [-0.05, 0) is 37.9 Å². The summed E-state index contributed by atoms with van der Waals surface area (Å²) in [4.78, 5) is 15.2. The zero-order chi connectivity index (χ0) is 16.5. The molecule has 2 aliphatic heterocycles. The van der Waals surface area contributed by atoms with E-state index in [1.165, 1.54) is 5.56 Å². The van der Waals surface area contributed by atoms with E-state index in [4.69, 9.17) is 9.47 Å². The molecule has 5 atom stereocenters. The highest BCUT2D eigenvalue weighted by molar-refractivity contribution is 5.90. The van der Waals surface area contributed by atoms with Gasteiger partial charge in [0.25, 0.3) is 0 Å². The van der Waals surface area contributed by atoms with Crippen molar-refractivity contribution >= 4 is 5.78 Å². The van der Waals surface area contributed by atoms with Crippen molar-refractivity contribution in [2.45, 2.75) is 48.8 Å². The van der Waals surface area contributed by atoms with Gasteiger partial charge in [-0.3, -0.25) is 9.69 Å². The molecule has 1 aromatic rings. The second kappa shape index (κ2) is 3.65. The Balaban J connectivity index is 1.74. The highest BCUT2D eigenvalue weighted by Crippen LogP contribution is 2.75. The molecule has 2 saturated carbocycles. The summed E-state index contributed by atoms with van der Waals surface area (Å²) in [6.07, 6.45) is 2.65. The molecule has 5 aliphatic rings. The number of phenolic OH excluding ortho intramolecular Hbond substituents is 1. The maximum Gasteiger partial charge on any atom is 0.174 e. The number of nitrogens with zero attached hydrogens (tertiary/aromatic N) is 1. The maximum absolute atomic E-state index is 12.8. The number of ketones is 1. The fourth-order valence-corrected chi connectivity index (χ4v) is 7.44. The summed E-state index contributed by atoms with van der Waals surface area (Å²) in [5.74, 6) is 0.845. The van der Waals surface area contributed by atoms with Gasteiger partial charge in [0.1, 0.15) is 0 Å².